The Morgan fingerprint density at radius 3 is 2.65 bits per heavy atom. The van der Waals surface area contributed by atoms with E-state index in [-0.39, 0.29) is 28.9 Å². The van der Waals surface area contributed by atoms with E-state index in [9.17, 15) is 31.5 Å². The first-order valence-corrected chi connectivity index (χ1v) is 12.2. The molecule has 2 aliphatic rings. The highest BCUT2D eigenvalue weighted by Gasteiger charge is 2.41. The number of benzene rings is 3. The van der Waals surface area contributed by atoms with Crippen LogP contribution in [-0.2, 0) is 12.6 Å². The highest BCUT2D eigenvalue weighted by molar-refractivity contribution is 6.31. The van der Waals surface area contributed by atoms with Gasteiger partial charge in [-0.25, -0.2) is 18.6 Å². The molecular formula is C27H16ClF5N4O3. The average molecular weight is 575 g/mol. The zero-order chi connectivity index (χ0) is 28.3. The molecule has 0 spiro atoms. The first kappa shape index (κ1) is 25.8. The molecule has 0 radical (unpaired) electrons. The lowest BCUT2D eigenvalue weighted by molar-refractivity contribution is -0.137. The number of carbonyl (C=O) groups is 2. The standard InChI is InChI=1S/C27H16ClF5N4O3/c28-19-2-1-14(29)8-18(19)23-22-20(35-25(38)12-5-13(27(31,32)33)7-15(30)6-12)9-17(21-10-40-11-34-21)16-3-4-37(24(16)22)26(39)36-23/h1-2,5-11,23H,3-4H2,(H,35,38)(H,36,39). The summed E-state index contributed by atoms with van der Waals surface area (Å²) in [5.74, 6) is -2.92. The number of nitrogens with zero attached hydrogens (tertiary/aromatic N) is 2. The summed E-state index contributed by atoms with van der Waals surface area (Å²) in [7, 11) is 0. The molecule has 204 valence electrons. The molecule has 40 heavy (non-hydrogen) atoms. The van der Waals surface area contributed by atoms with E-state index in [4.69, 9.17) is 16.0 Å². The number of hydrogen-bond acceptors (Lipinski definition) is 4. The Bertz CT molecular complexity index is 1690. The van der Waals surface area contributed by atoms with Gasteiger partial charge in [0.25, 0.3) is 5.91 Å². The Hall–Kier alpha value is -4.45. The maximum atomic E-state index is 14.3. The van der Waals surface area contributed by atoms with Crippen LogP contribution in [0.3, 0.4) is 0 Å². The van der Waals surface area contributed by atoms with Gasteiger partial charge in [0.2, 0.25) is 0 Å². The second-order valence-electron chi connectivity index (χ2n) is 9.22. The fourth-order valence-electron chi connectivity index (χ4n) is 5.12. The molecule has 0 bridgehead atoms. The van der Waals surface area contributed by atoms with Gasteiger partial charge in [0.1, 0.15) is 23.6 Å². The van der Waals surface area contributed by atoms with Crippen molar-refractivity contribution < 1.29 is 36.0 Å². The van der Waals surface area contributed by atoms with Gasteiger partial charge in [-0.15, -0.1) is 0 Å². The minimum atomic E-state index is -4.89. The molecule has 13 heteroatoms. The van der Waals surface area contributed by atoms with Crippen molar-refractivity contribution in [3.05, 3.63) is 99.6 Å². The minimum Gasteiger partial charge on any atom is -0.451 e. The minimum absolute atomic E-state index is 0.0665. The Morgan fingerprint density at radius 2 is 1.93 bits per heavy atom. The van der Waals surface area contributed by atoms with Crippen molar-refractivity contribution in [1.29, 1.82) is 0 Å². The summed E-state index contributed by atoms with van der Waals surface area (Å²) in [5.41, 5.74) is 0.660. The Morgan fingerprint density at radius 1 is 1.12 bits per heavy atom. The number of nitrogens with one attached hydrogen (secondary N) is 2. The maximum absolute atomic E-state index is 14.3. The number of aromatic nitrogens is 1. The van der Waals surface area contributed by atoms with Crippen LogP contribution in [0.15, 0.2) is 59.5 Å². The number of rotatable bonds is 4. The molecule has 2 N–H and O–H groups in total. The zero-order valence-corrected chi connectivity index (χ0v) is 20.8. The van der Waals surface area contributed by atoms with E-state index in [2.05, 4.69) is 15.6 Å². The van der Waals surface area contributed by atoms with Crippen molar-refractivity contribution in [3.8, 4) is 11.3 Å². The smallest absolute Gasteiger partial charge is 0.416 e. The molecule has 3 heterocycles. The molecule has 1 unspecified atom stereocenters. The van der Waals surface area contributed by atoms with Crippen LogP contribution in [0.4, 0.5) is 38.1 Å². The van der Waals surface area contributed by atoms with E-state index in [0.29, 0.717) is 46.6 Å². The van der Waals surface area contributed by atoms with E-state index in [1.165, 1.54) is 29.7 Å². The maximum Gasteiger partial charge on any atom is 0.416 e. The second-order valence-corrected chi connectivity index (χ2v) is 9.62. The number of oxazole rings is 1. The lowest BCUT2D eigenvalue weighted by Crippen LogP contribution is -2.46. The summed E-state index contributed by atoms with van der Waals surface area (Å²) in [6.07, 6.45) is -1.92. The first-order valence-electron chi connectivity index (χ1n) is 11.8. The lowest BCUT2D eigenvalue weighted by atomic mass is 9.88. The lowest BCUT2D eigenvalue weighted by Gasteiger charge is -2.35. The zero-order valence-electron chi connectivity index (χ0n) is 20.1. The predicted octanol–water partition coefficient (Wildman–Crippen LogP) is 6.72. The van der Waals surface area contributed by atoms with E-state index in [1.54, 1.807) is 0 Å². The van der Waals surface area contributed by atoms with Crippen molar-refractivity contribution in [1.82, 2.24) is 10.3 Å². The highest BCUT2D eigenvalue weighted by atomic mass is 35.5. The van der Waals surface area contributed by atoms with Crippen LogP contribution in [0.2, 0.25) is 5.02 Å². The van der Waals surface area contributed by atoms with Crippen LogP contribution < -0.4 is 15.5 Å². The van der Waals surface area contributed by atoms with Crippen LogP contribution in [0.1, 0.15) is 38.7 Å². The molecule has 0 fully saturated rings. The van der Waals surface area contributed by atoms with Gasteiger partial charge < -0.3 is 15.1 Å². The van der Waals surface area contributed by atoms with Gasteiger partial charge in [0.05, 0.1) is 17.3 Å². The molecule has 4 aromatic rings. The topological polar surface area (TPSA) is 87.5 Å². The largest absolute Gasteiger partial charge is 0.451 e. The molecule has 3 amide bonds. The average Bonchev–Trinajstić information content (AvgIpc) is 3.59. The molecule has 7 nitrogen and oxygen atoms in total. The van der Waals surface area contributed by atoms with E-state index < -0.39 is 46.9 Å². The van der Waals surface area contributed by atoms with Crippen LogP contribution in [-0.4, -0.2) is 23.5 Å². The van der Waals surface area contributed by atoms with Crippen LogP contribution in [0.5, 0.6) is 0 Å². The number of anilines is 2. The molecule has 0 aliphatic carbocycles. The van der Waals surface area contributed by atoms with Gasteiger partial charge in [-0.1, -0.05) is 11.6 Å². The third-order valence-corrected chi connectivity index (χ3v) is 7.16. The van der Waals surface area contributed by atoms with Gasteiger partial charge in [-0.2, -0.15) is 13.2 Å². The second kappa shape index (κ2) is 9.33. The van der Waals surface area contributed by atoms with Gasteiger partial charge in [-0.3, -0.25) is 9.69 Å². The molecule has 2 aliphatic heterocycles. The van der Waals surface area contributed by atoms with Gasteiger partial charge in [0.15, 0.2) is 6.39 Å². The van der Waals surface area contributed by atoms with Crippen LogP contribution >= 0.6 is 11.6 Å². The quantitative estimate of drug-likeness (QED) is 0.265. The number of halogens is 6. The molecule has 1 atom stereocenters. The summed E-state index contributed by atoms with van der Waals surface area (Å²) in [6, 6.07) is 5.10. The summed E-state index contributed by atoms with van der Waals surface area (Å²) >= 11 is 6.39. The van der Waals surface area contributed by atoms with Gasteiger partial charge >= 0.3 is 12.2 Å². The molecule has 0 saturated heterocycles. The van der Waals surface area contributed by atoms with E-state index >= 15 is 0 Å². The molecule has 1 aromatic heterocycles. The summed E-state index contributed by atoms with van der Waals surface area (Å²) < 4.78 is 73.4. The fraction of sp³-hybridized carbons (Fsp3) is 0.148. The fourth-order valence-corrected chi connectivity index (χ4v) is 5.34. The van der Waals surface area contributed by atoms with E-state index in [1.807, 2.05) is 0 Å². The van der Waals surface area contributed by atoms with Gasteiger partial charge in [-0.05, 0) is 54.4 Å². The van der Waals surface area contributed by atoms with Crippen LogP contribution in [0, 0.1) is 11.6 Å². The first-order chi connectivity index (χ1) is 19.0. The Labute approximate surface area is 227 Å². The Balaban J connectivity index is 1.55. The normalized spacial score (nSPS) is 16.1. The molecule has 3 aromatic carbocycles. The number of urea groups is 1. The third kappa shape index (κ3) is 4.34. The molecule has 0 saturated carbocycles. The number of amides is 3. The highest BCUT2D eigenvalue weighted by Crippen LogP contribution is 2.49. The predicted molar refractivity (Wildman–Crippen MR) is 134 cm³/mol. The van der Waals surface area contributed by atoms with Crippen molar-refractivity contribution >= 4 is 34.9 Å². The summed E-state index contributed by atoms with van der Waals surface area (Å²) in [6.45, 7) is 0.277. The van der Waals surface area contributed by atoms with Crippen LogP contribution in [0.25, 0.3) is 11.3 Å². The molecule has 6 rings (SSSR count). The monoisotopic (exact) mass is 574 g/mol. The van der Waals surface area contributed by atoms with E-state index in [0.717, 1.165) is 12.1 Å². The van der Waals surface area contributed by atoms with Crippen molar-refractivity contribution in [3.63, 3.8) is 0 Å². The molecular weight excluding hydrogens is 559 g/mol. The third-order valence-electron chi connectivity index (χ3n) is 6.81. The van der Waals surface area contributed by atoms with Crippen molar-refractivity contribution in [2.75, 3.05) is 16.8 Å². The van der Waals surface area contributed by atoms with Crippen molar-refractivity contribution in [2.45, 2.75) is 18.6 Å². The number of hydrogen-bond donors (Lipinski definition) is 2. The SMILES string of the molecule is O=C(Nc1cc(-c2cocn2)c2c3c1C(c1cc(F)ccc1Cl)NC(=O)N3CC2)c1cc(F)cc(C(F)(F)F)c1. The number of carbonyl (C=O) groups excluding carboxylic acids is 2. The van der Waals surface area contributed by atoms with Crippen molar-refractivity contribution in [2.24, 2.45) is 0 Å². The number of alkyl halides is 3. The summed E-state index contributed by atoms with van der Waals surface area (Å²) in [4.78, 5) is 32.0. The Kier molecular flexibility index (Phi) is 6.02. The van der Waals surface area contributed by atoms with Gasteiger partial charge in [0, 0.05) is 39.5 Å². The summed E-state index contributed by atoms with van der Waals surface area (Å²) in [5, 5.41) is 5.48.